The van der Waals surface area contributed by atoms with Gasteiger partial charge in [-0.2, -0.15) is 8.42 Å². The Balaban J connectivity index is 2.47. The molecule has 0 radical (unpaired) electrons. The van der Waals surface area contributed by atoms with Crippen molar-refractivity contribution in [2.24, 2.45) is 0 Å². The van der Waals surface area contributed by atoms with Crippen LogP contribution in [0.15, 0.2) is 30.3 Å². The summed E-state index contributed by atoms with van der Waals surface area (Å²) in [4.78, 5) is 12.5. The highest BCUT2D eigenvalue weighted by Gasteiger charge is 2.19. The Kier molecular flexibility index (Phi) is 5.48. The molecule has 2 aromatic rings. The zero-order chi connectivity index (χ0) is 17.4. The predicted octanol–water partition coefficient (Wildman–Crippen LogP) is 4.87. The van der Waals surface area contributed by atoms with Crippen molar-refractivity contribution in [3.05, 3.63) is 61.5 Å². The molecule has 0 aliphatic rings. The molecule has 0 heterocycles. The summed E-state index contributed by atoms with van der Waals surface area (Å²) < 4.78 is 27.1. The minimum Gasteiger partial charge on any atom is -0.379 e. The summed E-state index contributed by atoms with van der Waals surface area (Å²) in [7, 11) is -3.81. The van der Waals surface area contributed by atoms with Gasteiger partial charge in [0.25, 0.3) is 0 Å². The predicted molar refractivity (Wildman–Crippen MR) is 91.8 cm³/mol. The number of hydrogen-bond donors (Lipinski definition) is 0. The third kappa shape index (κ3) is 4.52. The van der Waals surface area contributed by atoms with Gasteiger partial charge in [0.2, 0.25) is 0 Å². The SMILES string of the molecule is CS(=O)(=O)Oc1c(Cl)cc(C(=O)c2ccc(Cl)cc2Cl)cc1Cl. The van der Waals surface area contributed by atoms with Crippen molar-refractivity contribution >= 4 is 62.3 Å². The number of ketones is 1. The second-order valence-electron chi connectivity index (χ2n) is 4.51. The highest BCUT2D eigenvalue weighted by molar-refractivity contribution is 7.86. The Morgan fingerprint density at radius 2 is 1.52 bits per heavy atom. The molecule has 122 valence electrons. The summed E-state index contributed by atoms with van der Waals surface area (Å²) >= 11 is 23.7. The van der Waals surface area contributed by atoms with Crippen molar-refractivity contribution in [1.82, 2.24) is 0 Å². The van der Waals surface area contributed by atoms with E-state index >= 15 is 0 Å². The normalized spacial score (nSPS) is 11.3. The van der Waals surface area contributed by atoms with Crippen LogP contribution < -0.4 is 4.18 Å². The quantitative estimate of drug-likeness (QED) is 0.529. The summed E-state index contributed by atoms with van der Waals surface area (Å²) in [6.45, 7) is 0. The summed E-state index contributed by atoms with van der Waals surface area (Å²) in [5.41, 5.74) is 0.338. The maximum atomic E-state index is 12.5. The molecule has 9 heteroatoms. The maximum absolute atomic E-state index is 12.5. The Bertz CT molecular complexity index is 871. The minimum atomic E-state index is -3.81. The highest BCUT2D eigenvalue weighted by Crippen LogP contribution is 2.36. The van der Waals surface area contributed by atoms with Gasteiger partial charge in [-0.1, -0.05) is 46.4 Å². The van der Waals surface area contributed by atoms with E-state index in [1.165, 1.54) is 30.3 Å². The van der Waals surface area contributed by atoms with Gasteiger partial charge in [0.15, 0.2) is 11.5 Å². The first-order valence-electron chi connectivity index (χ1n) is 5.97. The molecule has 0 saturated heterocycles. The van der Waals surface area contributed by atoms with Gasteiger partial charge in [-0.15, -0.1) is 0 Å². The number of carbonyl (C=O) groups is 1. The molecular weight excluding hydrogens is 406 g/mol. The number of rotatable bonds is 4. The van der Waals surface area contributed by atoms with Crippen molar-refractivity contribution in [3.63, 3.8) is 0 Å². The number of carbonyl (C=O) groups excluding carboxylic acids is 1. The molecule has 0 unspecified atom stereocenters. The Labute approximate surface area is 153 Å². The number of hydrogen-bond acceptors (Lipinski definition) is 4. The van der Waals surface area contributed by atoms with Gasteiger partial charge in [-0.05, 0) is 30.3 Å². The monoisotopic (exact) mass is 412 g/mol. The second kappa shape index (κ2) is 6.87. The van der Waals surface area contributed by atoms with E-state index in [0.717, 1.165) is 6.26 Å². The minimum absolute atomic E-state index is 0.114. The third-order valence-corrected chi connectivity index (χ3v) is 4.25. The van der Waals surface area contributed by atoms with E-state index in [2.05, 4.69) is 0 Å². The van der Waals surface area contributed by atoms with E-state index in [1.807, 2.05) is 0 Å². The lowest BCUT2D eigenvalue weighted by molar-refractivity contribution is 0.103. The van der Waals surface area contributed by atoms with Gasteiger partial charge in [0.05, 0.1) is 21.3 Å². The van der Waals surface area contributed by atoms with E-state index in [4.69, 9.17) is 50.6 Å². The van der Waals surface area contributed by atoms with Gasteiger partial charge in [-0.25, -0.2) is 0 Å². The van der Waals surface area contributed by atoms with Crippen LogP contribution in [0.1, 0.15) is 15.9 Å². The van der Waals surface area contributed by atoms with Crippen LogP contribution in [-0.2, 0) is 10.1 Å². The van der Waals surface area contributed by atoms with Crippen molar-refractivity contribution in [1.29, 1.82) is 0 Å². The molecule has 0 aliphatic carbocycles. The molecule has 0 spiro atoms. The van der Waals surface area contributed by atoms with Crippen LogP contribution in [0.25, 0.3) is 0 Å². The standard InChI is InChI=1S/C14H8Cl4O4S/c1-23(20,21)22-14-11(17)4-7(5-12(14)18)13(19)9-3-2-8(15)6-10(9)16/h2-6H,1H3. The molecule has 0 atom stereocenters. The average Bonchev–Trinajstić information content (AvgIpc) is 2.41. The molecule has 2 aromatic carbocycles. The second-order valence-corrected chi connectivity index (χ2v) is 7.74. The molecular formula is C14H8Cl4O4S. The van der Waals surface area contributed by atoms with Gasteiger partial charge in [0.1, 0.15) is 0 Å². The molecule has 0 saturated carbocycles. The topological polar surface area (TPSA) is 60.4 Å². The number of benzene rings is 2. The van der Waals surface area contributed by atoms with Gasteiger partial charge >= 0.3 is 10.1 Å². The van der Waals surface area contributed by atoms with E-state index < -0.39 is 15.9 Å². The van der Waals surface area contributed by atoms with E-state index in [1.54, 1.807) is 0 Å². The summed E-state index contributed by atoms with van der Waals surface area (Å²) in [5.74, 6) is -0.684. The molecule has 0 bridgehead atoms. The third-order valence-electron chi connectivity index (χ3n) is 2.67. The lowest BCUT2D eigenvalue weighted by atomic mass is 10.0. The molecule has 4 nitrogen and oxygen atoms in total. The fourth-order valence-corrected chi connectivity index (χ4v) is 3.38. The van der Waals surface area contributed by atoms with Crippen LogP contribution in [0.3, 0.4) is 0 Å². The van der Waals surface area contributed by atoms with Crippen LogP contribution in [0, 0.1) is 0 Å². The highest BCUT2D eigenvalue weighted by atomic mass is 35.5. The average molecular weight is 414 g/mol. The van der Waals surface area contributed by atoms with Crippen molar-refractivity contribution in [3.8, 4) is 5.75 Å². The molecule has 0 N–H and O–H groups in total. The van der Waals surface area contributed by atoms with E-state index in [0.29, 0.717) is 5.02 Å². The van der Waals surface area contributed by atoms with Gasteiger partial charge in [0, 0.05) is 16.1 Å². The Morgan fingerprint density at radius 3 is 2.00 bits per heavy atom. The molecule has 23 heavy (non-hydrogen) atoms. The van der Waals surface area contributed by atoms with Crippen LogP contribution in [0.5, 0.6) is 5.75 Å². The Hall–Kier alpha value is -0.980. The van der Waals surface area contributed by atoms with Crippen LogP contribution >= 0.6 is 46.4 Å². The van der Waals surface area contributed by atoms with Crippen LogP contribution in [0.2, 0.25) is 20.1 Å². The number of halogens is 4. The molecule has 0 aromatic heterocycles. The van der Waals surface area contributed by atoms with E-state index in [-0.39, 0.29) is 31.9 Å². The largest absolute Gasteiger partial charge is 0.379 e. The zero-order valence-corrected chi connectivity index (χ0v) is 15.3. The fraction of sp³-hybridized carbons (Fsp3) is 0.0714. The fourth-order valence-electron chi connectivity index (χ4n) is 1.75. The summed E-state index contributed by atoms with van der Waals surface area (Å²) in [6.07, 6.45) is 0.853. The van der Waals surface area contributed by atoms with Gasteiger partial charge in [-0.3, -0.25) is 4.79 Å². The first-order chi connectivity index (χ1) is 10.6. The molecule has 0 aliphatic heterocycles. The smallest absolute Gasteiger partial charge is 0.306 e. The summed E-state index contributed by atoms with van der Waals surface area (Å²) in [5, 5.41) is 0.332. The summed E-state index contributed by atoms with van der Waals surface area (Å²) in [6, 6.07) is 6.92. The zero-order valence-electron chi connectivity index (χ0n) is 11.4. The van der Waals surface area contributed by atoms with Gasteiger partial charge < -0.3 is 4.18 Å². The van der Waals surface area contributed by atoms with Crippen molar-refractivity contribution in [2.75, 3.05) is 6.26 Å². The first kappa shape index (κ1) is 18.4. The maximum Gasteiger partial charge on any atom is 0.306 e. The molecule has 0 fully saturated rings. The molecule has 2 rings (SSSR count). The Morgan fingerprint density at radius 1 is 0.957 bits per heavy atom. The van der Waals surface area contributed by atoms with Crippen LogP contribution in [-0.4, -0.2) is 20.5 Å². The lowest BCUT2D eigenvalue weighted by Gasteiger charge is -2.10. The van der Waals surface area contributed by atoms with Crippen molar-refractivity contribution in [2.45, 2.75) is 0 Å². The molecule has 0 amide bonds. The van der Waals surface area contributed by atoms with Crippen LogP contribution in [0.4, 0.5) is 0 Å². The first-order valence-corrected chi connectivity index (χ1v) is 9.29. The lowest BCUT2D eigenvalue weighted by Crippen LogP contribution is -2.08. The van der Waals surface area contributed by atoms with Crippen molar-refractivity contribution < 1.29 is 17.4 Å². The van der Waals surface area contributed by atoms with E-state index in [9.17, 15) is 13.2 Å².